The van der Waals surface area contributed by atoms with Crippen LogP contribution in [-0.2, 0) is 4.79 Å². The first-order valence-corrected chi connectivity index (χ1v) is 3.97. The maximum absolute atomic E-state index is 11.3. The van der Waals surface area contributed by atoms with E-state index in [0.717, 1.165) is 0 Å². The van der Waals surface area contributed by atoms with Gasteiger partial charge in [-0.25, -0.2) is 4.98 Å². The Balaban J connectivity index is 2.67. The van der Waals surface area contributed by atoms with Gasteiger partial charge in [-0.3, -0.25) is 14.5 Å². The van der Waals surface area contributed by atoms with Crippen LogP contribution >= 0.6 is 11.6 Å². The molecule has 1 aliphatic rings. The summed E-state index contributed by atoms with van der Waals surface area (Å²) in [5.41, 5.74) is 0.278. The van der Waals surface area contributed by atoms with Crippen molar-refractivity contribution >= 4 is 29.1 Å². The molecule has 0 N–H and O–H groups in total. The van der Waals surface area contributed by atoms with Gasteiger partial charge in [0.1, 0.15) is 5.82 Å². The Hall–Kier alpha value is -1.42. The van der Waals surface area contributed by atoms with Gasteiger partial charge in [0.25, 0.3) is 11.7 Å². The molecule has 0 spiro atoms. The number of carbonyl (C=O) groups is 2. The van der Waals surface area contributed by atoms with Crippen molar-refractivity contribution in [3.8, 4) is 0 Å². The third-order valence-corrected chi connectivity index (χ3v) is 2.10. The normalized spacial score (nSPS) is 15.1. The number of likely N-dealkylation sites (N-methyl/N-ethyl adjacent to an activating group) is 1. The molecule has 1 amide bonds. The van der Waals surface area contributed by atoms with Gasteiger partial charge < -0.3 is 0 Å². The maximum atomic E-state index is 11.3. The largest absolute Gasteiger partial charge is 0.300 e. The number of anilines is 1. The minimum Gasteiger partial charge on any atom is -0.292 e. The fourth-order valence-corrected chi connectivity index (χ4v) is 1.39. The van der Waals surface area contributed by atoms with Crippen LogP contribution in [0.4, 0.5) is 5.82 Å². The molecule has 0 aromatic carbocycles. The molecule has 4 nitrogen and oxygen atoms in total. The molecule has 2 rings (SSSR count). The first kappa shape index (κ1) is 8.19. The Bertz CT molecular complexity index is 417. The van der Waals surface area contributed by atoms with E-state index < -0.39 is 11.7 Å². The highest BCUT2D eigenvalue weighted by atomic mass is 35.5. The molecule has 66 valence electrons. The van der Waals surface area contributed by atoms with E-state index in [2.05, 4.69) is 4.98 Å². The third kappa shape index (κ3) is 1.02. The van der Waals surface area contributed by atoms with E-state index in [1.165, 1.54) is 24.2 Å². The molecule has 0 atom stereocenters. The van der Waals surface area contributed by atoms with E-state index in [-0.39, 0.29) is 5.56 Å². The van der Waals surface area contributed by atoms with Crippen molar-refractivity contribution < 1.29 is 9.59 Å². The van der Waals surface area contributed by atoms with Gasteiger partial charge in [0.05, 0.1) is 10.6 Å². The van der Waals surface area contributed by atoms with E-state index in [1.807, 2.05) is 0 Å². The van der Waals surface area contributed by atoms with Gasteiger partial charge in [0.2, 0.25) is 0 Å². The Labute approximate surface area is 79.1 Å². The topological polar surface area (TPSA) is 50.3 Å². The maximum Gasteiger partial charge on any atom is 0.300 e. The second-order valence-electron chi connectivity index (χ2n) is 2.72. The molecule has 0 saturated heterocycles. The average molecular weight is 197 g/mol. The lowest BCUT2D eigenvalue weighted by molar-refractivity contribution is -0.114. The molecular formula is C8H5ClN2O2. The smallest absolute Gasteiger partial charge is 0.292 e. The van der Waals surface area contributed by atoms with Crippen LogP contribution < -0.4 is 4.90 Å². The van der Waals surface area contributed by atoms with E-state index in [0.29, 0.717) is 10.8 Å². The monoisotopic (exact) mass is 196 g/mol. The first-order chi connectivity index (χ1) is 6.11. The van der Waals surface area contributed by atoms with Gasteiger partial charge in [0.15, 0.2) is 0 Å². The van der Waals surface area contributed by atoms with E-state index in [1.54, 1.807) is 0 Å². The van der Waals surface area contributed by atoms with Crippen molar-refractivity contribution in [3.63, 3.8) is 0 Å². The summed E-state index contributed by atoms with van der Waals surface area (Å²) >= 11 is 5.64. The number of pyridine rings is 1. The van der Waals surface area contributed by atoms with Gasteiger partial charge in [0, 0.05) is 13.2 Å². The minimum absolute atomic E-state index is 0.278. The summed E-state index contributed by atoms with van der Waals surface area (Å²) in [7, 11) is 1.51. The van der Waals surface area contributed by atoms with Gasteiger partial charge >= 0.3 is 0 Å². The molecule has 5 heteroatoms. The molecular weight excluding hydrogens is 192 g/mol. The summed E-state index contributed by atoms with van der Waals surface area (Å²) in [6.45, 7) is 0. The molecule has 2 heterocycles. The van der Waals surface area contributed by atoms with Crippen LogP contribution in [0.1, 0.15) is 10.4 Å². The van der Waals surface area contributed by atoms with Crippen LogP contribution in [0.25, 0.3) is 0 Å². The lowest BCUT2D eigenvalue weighted by atomic mass is 10.2. The number of halogens is 1. The number of hydrogen-bond donors (Lipinski definition) is 0. The number of fused-ring (bicyclic) bond motifs is 1. The van der Waals surface area contributed by atoms with Crippen LogP contribution in [-0.4, -0.2) is 23.7 Å². The number of amides is 1. The van der Waals surface area contributed by atoms with Crippen LogP contribution in [0.5, 0.6) is 0 Å². The van der Waals surface area contributed by atoms with Crippen molar-refractivity contribution in [2.45, 2.75) is 0 Å². The van der Waals surface area contributed by atoms with Crippen molar-refractivity contribution in [2.24, 2.45) is 0 Å². The molecule has 0 aliphatic carbocycles. The lowest BCUT2D eigenvalue weighted by Crippen LogP contribution is -2.25. The van der Waals surface area contributed by atoms with Gasteiger partial charge in [-0.2, -0.15) is 0 Å². The summed E-state index contributed by atoms with van der Waals surface area (Å²) in [5, 5.41) is 0.357. The quantitative estimate of drug-likeness (QED) is 0.579. The van der Waals surface area contributed by atoms with E-state index in [4.69, 9.17) is 11.6 Å². The highest BCUT2D eigenvalue weighted by Crippen LogP contribution is 2.26. The van der Waals surface area contributed by atoms with Gasteiger partial charge in [-0.05, 0) is 6.07 Å². The summed E-state index contributed by atoms with van der Waals surface area (Å²) in [4.78, 5) is 27.5. The van der Waals surface area contributed by atoms with E-state index >= 15 is 0 Å². The summed E-state index contributed by atoms with van der Waals surface area (Å²) in [6, 6.07) is 1.45. The predicted octanol–water partition coefficient (Wildman–Crippen LogP) is 0.894. The number of ketones is 1. The van der Waals surface area contributed by atoms with Crippen LogP contribution in [0.2, 0.25) is 5.02 Å². The van der Waals surface area contributed by atoms with Gasteiger partial charge in [-0.1, -0.05) is 11.6 Å². The average Bonchev–Trinajstić information content (AvgIpc) is 2.32. The molecule has 0 bridgehead atoms. The molecule has 0 unspecified atom stereocenters. The van der Waals surface area contributed by atoms with Crippen LogP contribution in [0.15, 0.2) is 12.3 Å². The summed E-state index contributed by atoms with van der Waals surface area (Å²) in [6.07, 6.45) is 1.41. The fourth-order valence-electron chi connectivity index (χ4n) is 1.23. The Morgan fingerprint density at radius 1 is 1.46 bits per heavy atom. The Morgan fingerprint density at radius 2 is 2.15 bits per heavy atom. The lowest BCUT2D eigenvalue weighted by Gasteiger charge is -2.05. The van der Waals surface area contributed by atoms with E-state index in [9.17, 15) is 9.59 Å². The van der Waals surface area contributed by atoms with Crippen molar-refractivity contribution in [1.29, 1.82) is 0 Å². The second-order valence-corrected chi connectivity index (χ2v) is 3.15. The molecule has 0 fully saturated rings. The number of hydrogen-bond acceptors (Lipinski definition) is 3. The van der Waals surface area contributed by atoms with Crippen molar-refractivity contribution in [3.05, 3.63) is 22.8 Å². The highest BCUT2D eigenvalue weighted by molar-refractivity contribution is 6.52. The number of rotatable bonds is 0. The van der Waals surface area contributed by atoms with Gasteiger partial charge in [-0.15, -0.1) is 0 Å². The number of nitrogens with zero attached hydrogens (tertiary/aromatic N) is 2. The Morgan fingerprint density at radius 3 is 2.85 bits per heavy atom. The third-order valence-electron chi connectivity index (χ3n) is 1.89. The van der Waals surface area contributed by atoms with Crippen molar-refractivity contribution in [1.82, 2.24) is 4.98 Å². The zero-order valence-electron chi connectivity index (χ0n) is 6.74. The first-order valence-electron chi connectivity index (χ1n) is 3.59. The molecule has 0 radical (unpaired) electrons. The number of aromatic nitrogens is 1. The molecule has 1 aromatic heterocycles. The Kier molecular flexibility index (Phi) is 1.60. The molecule has 0 saturated carbocycles. The van der Waals surface area contributed by atoms with Crippen molar-refractivity contribution in [2.75, 3.05) is 11.9 Å². The number of Topliss-reactive ketones (excluding diaryl/α,β-unsaturated/α-hetero) is 1. The SMILES string of the molecule is CN1C(=O)C(=O)c2cc(Cl)cnc21. The predicted molar refractivity (Wildman–Crippen MR) is 47.0 cm³/mol. The zero-order valence-corrected chi connectivity index (χ0v) is 7.50. The van der Waals surface area contributed by atoms with Crippen LogP contribution in [0.3, 0.4) is 0 Å². The summed E-state index contributed by atoms with van der Waals surface area (Å²) < 4.78 is 0. The molecule has 13 heavy (non-hydrogen) atoms. The standard InChI is InChI=1S/C8H5ClN2O2/c1-11-7-5(6(12)8(11)13)2-4(9)3-10-7/h2-3H,1H3. The highest BCUT2D eigenvalue weighted by Gasteiger charge is 2.34. The minimum atomic E-state index is -0.565. The molecule has 1 aromatic rings. The summed E-state index contributed by atoms with van der Waals surface area (Å²) in [5.74, 6) is -0.739. The second kappa shape index (κ2) is 2.53. The van der Waals surface area contributed by atoms with Crippen LogP contribution in [0, 0.1) is 0 Å². The number of carbonyl (C=O) groups excluding carboxylic acids is 2. The zero-order chi connectivity index (χ0) is 9.59. The fraction of sp³-hybridized carbons (Fsp3) is 0.125. The molecule has 1 aliphatic heterocycles.